The Balaban J connectivity index is 4.18. The van der Waals surface area contributed by atoms with Gasteiger partial charge in [-0.2, -0.15) is 0 Å². The van der Waals surface area contributed by atoms with E-state index in [9.17, 15) is 4.79 Å². The third-order valence-corrected chi connectivity index (χ3v) is 2.90. The zero-order valence-corrected chi connectivity index (χ0v) is 10.3. The molecular weight excluding hydrogens is 174 g/mol. The molecule has 0 aromatic heterocycles. The molecule has 0 aromatic carbocycles. The minimum absolute atomic E-state index is 0.199. The highest BCUT2D eigenvalue weighted by Gasteiger charge is 2.24. The first kappa shape index (κ1) is 13.2. The van der Waals surface area contributed by atoms with E-state index in [0.29, 0.717) is 6.54 Å². The molecule has 0 bridgehead atoms. The standard InChI is InChI=1S/C12H23NO/c1-7-12(5,6)11(14)8-13-10(4)9(2)3/h13H,7-8H2,1-6H3. The van der Waals surface area contributed by atoms with Crippen molar-refractivity contribution < 1.29 is 4.79 Å². The highest BCUT2D eigenvalue weighted by molar-refractivity contribution is 5.86. The zero-order valence-electron chi connectivity index (χ0n) is 10.3. The van der Waals surface area contributed by atoms with Gasteiger partial charge < -0.3 is 5.32 Å². The van der Waals surface area contributed by atoms with Gasteiger partial charge in [0.1, 0.15) is 0 Å². The zero-order chi connectivity index (χ0) is 11.4. The molecule has 14 heavy (non-hydrogen) atoms. The Morgan fingerprint density at radius 1 is 1.21 bits per heavy atom. The van der Waals surface area contributed by atoms with E-state index in [1.54, 1.807) is 0 Å². The number of hydrogen-bond donors (Lipinski definition) is 1. The van der Waals surface area contributed by atoms with E-state index >= 15 is 0 Å². The van der Waals surface area contributed by atoms with Crippen LogP contribution in [0, 0.1) is 5.41 Å². The molecule has 0 heterocycles. The number of nitrogens with one attached hydrogen (secondary N) is 1. The summed E-state index contributed by atoms with van der Waals surface area (Å²) >= 11 is 0. The third kappa shape index (κ3) is 3.95. The Hall–Kier alpha value is -0.790. The van der Waals surface area contributed by atoms with Gasteiger partial charge in [0, 0.05) is 11.1 Å². The number of allylic oxidation sites excluding steroid dienone is 2. The molecule has 2 heteroatoms. The molecule has 0 atom stereocenters. The molecule has 0 radical (unpaired) electrons. The van der Waals surface area contributed by atoms with Gasteiger partial charge in [0.25, 0.3) is 0 Å². The molecule has 0 aliphatic carbocycles. The second kappa shape index (κ2) is 5.18. The van der Waals surface area contributed by atoms with Gasteiger partial charge in [0.2, 0.25) is 0 Å². The van der Waals surface area contributed by atoms with E-state index < -0.39 is 0 Å². The van der Waals surface area contributed by atoms with Crippen LogP contribution in [0.4, 0.5) is 0 Å². The van der Waals surface area contributed by atoms with Gasteiger partial charge in [-0.1, -0.05) is 26.3 Å². The molecule has 0 aliphatic heterocycles. The van der Waals surface area contributed by atoms with Crippen LogP contribution in [0.1, 0.15) is 48.0 Å². The Bertz CT molecular complexity index is 235. The van der Waals surface area contributed by atoms with Crippen molar-refractivity contribution in [3.8, 4) is 0 Å². The molecule has 0 fully saturated rings. The Labute approximate surface area is 87.8 Å². The molecule has 0 aromatic rings. The van der Waals surface area contributed by atoms with Gasteiger partial charge >= 0.3 is 0 Å². The molecule has 0 rings (SSSR count). The van der Waals surface area contributed by atoms with Crippen LogP contribution >= 0.6 is 0 Å². The van der Waals surface area contributed by atoms with Crippen molar-refractivity contribution in [3.05, 3.63) is 11.3 Å². The smallest absolute Gasteiger partial charge is 0.157 e. The van der Waals surface area contributed by atoms with Crippen molar-refractivity contribution in [2.24, 2.45) is 5.41 Å². The fourth-order valence-corrected chi connectivity index (χ4v) is 0.826. The van der Waals surface area contributed by atoms with E-state index in [0.717, 1.165) is 12.1 Å². The molecule has 0 unspecified atom stereocenters. The molecule has 82 valence electrons. The maximum Gasteiger partial charge on any atom is 0.157 e. The van der Waals surface area contributed by atoms with Crippen LogP contribution in [-0.4, -0.2) is 12.3 Å². The second-order valence-corrected chi connectivity index (χ2v) is 4.64. The van der Waals surface area contributed by atoms with Crippen molar-refractivity contribution >= 4 is 5.78 Å². The second-order valence-electron chi connectivity index (χ2n) is 4.64. The fourth-order valence-electron chi connectivity index (χ4n) is 0.826. The van der Waals surface area contributed by atoms with Gasteiger partial charge in [0.15, 0.2) is 5.78 Å². The first-order valence-corrected chi connectivity index (χ1v) is 5.22. The summed E-state index contributed by atoms with van der Waals surface area (Å²) < 4.78 is 0. The van der Waals surface area contributed by atoms with Crippen LogP contribution in [-0.2, 0) is 4.79 Å². The van der Waals surface area contributed by atoms with Gasteiger partial charge in [-0.25, -0.2) is 0 Å². The first-order chi connectivity index (χ1) is 6.31. The van der Waals surface area contributed by atoms with Gasteiger partial charge in [0.05, 0.1) is 6.54 Å². The van der Waals surface area contributed by atoms with E-state index in [4.69, 9.17) is 0 Å². The topological polar surface area (TPSA) is 29.1 Å². The minimum Gasteiger partial charge on any atom is -0.382 e. The van der Waals surface area contributed by atoms with Crippen LogP contribution in [0.3, 0.4) is 0 Å². The SMILES string of the molecule is CCC(C)(C)C(=O)CNC(C)=C(C)C. The quantitative estimate of drug-likeness (QED) is 0.734. The monoisotopic (exact) mass is 197 g/mol. The fraction of sp³-hybridized carbons (Fsp3) is 0.750. The summed E-state index contributed by atoms with van der Waals surface area (Å²) in [5.74, 6) is 0.278. The highest BCUT2D eigenvalue weighted by Crippen LogP contribution is 2.20. The number of rotatable bonds is 5. The van der Waals surface area contributed by atoms with E-state index in [-0.39, 0.29) is 11.2 Å². The van der Waals surface area contributed by atoms with E-state index in [1.165, 1.54) is 5.57 Å². The summed E-state index contributed by atoms with van der Waals surface area (Å²) in [6.45, 7) is 12.6. The first-order valence-electron chi connectivity index (χ1n) is 5.22. The number of Topliss-reactive ketones (excluding diaryl/α,β-unsaturated/α-hetero) is 1. The maximum atomic E-state index is 11.7. The van der Waals surface area contributed by atoms with Crippen LogP contribution in [0.2, 0.25) is 0 Å². The molecule has 0 spiro atoms. The molecule has 0 aliphatic rings. The minimum atomic E-state index is -0.199. The Kier molecular flexibility index (Phi) is 4.89. The summed E-state index contributed by atoms with van der Waals surface area (Å²) in [4.78, 5) is 11.7. The van der Waals surface area contributed by atoms with Crippen molar-refractivity contribution in [1.82, 2.24) is 5.32 Å². The lowest BCUT2D eigenvalue weighted by molar-refractivity contribution is -0.126. The van der Waals surface area contributed by atoms with Crippen LogP contribution in [0.25, 0.3) is 0 Å². The highest BCUT2D eigenvalue weighted by atomic mass is 16.1. The average molecular weight is 197 g/mol. The van der Waals surface area contributed by atoms with Crippen LogP contribution < -0.4 is 5.32 Å². The van der Waals surface area contributed by atoms with Crippen LogP contribution in [0.15, 0.2) is 11.3 Å². The summed E-state index contributed by atoms with van der Waals surface area (Å²) in [5.41, 5.74) is 2.13. The predicted octanol–water partition coefficient (Wildman–Crippen LogP) is 2.90. The lowest BCUT2D eigenvalue weighted by atomic mass is 9.85. The van der Waals surface area contributed by atoms with Gasteiger partial charge in [-0.05, 0) is 27.2 Å². The summed E-state index contributed by atoms with van der Waals surface area (Å²) in [7, 11) is 0. The summed E-state index contributed by atoms with van der Waals surface area (Å²) in [6.07, 6.45) is 0.890. The molecule has 0 saturated carbocycles. The lowest BCUT2D eigenvalue weighted by Gasteiger charge is -2.21. The maximum absolute atomic E-state index is 11.7. The molecule has 0 amide bonds. The third-order valence-electron chi connectivity index (χ3n) is 2.90. The summed E-state index contributed by atoms with van der Waals surface area (Å²) in [6, 6.07) is 0. The normalized spacial score (nSPS) is 11.0. The van der Waals surface area contributed by atoms with Crippen molar-refractivity contribution in [2.45, 2.75) is 48.0 Å². The van der Waals surface area contributed by atoms with E-state index in [1.807, 2.05) is 41.5 Å². The largest absolute Gasteiger partial charge is 0.382 e. The average Bonchev–Trinajstić information content (AvgIpc) is 2.13. The number of carbonyl (C=O) groups excluding carboxylic acids is 1. The molecule has 1 N–H and O–H groups in total. The number of hydrogen-bond acceptors (Lipinski definition) is 2. The van der Waals surface area contributed by atoms with Gasteiger partial charge in [-0.3, -0.25) is 4.79 Å². The number of ketones is 1. The Morgan fingerprint density at radius 3 is 2.07 bits per heavy atom. The Morgan fingerprint density at radius 2 is 1.71 bits per heavy atom. The lowest BCUT2D eigenvalue weighted by Crippen LogP contribution is -2.33. The van der Waals surface area contributed by atoms with Crippen molar-refractivity contribution in [3.63, 3.8) is 0 Å². The molecule has 0 saturated heterocycles. The van der Waals surface area contributed by atoms with E-state index in [2.05, 4.69) is 5.32 Å². The summed E-state index contributed by atoms with van der Waals surface area (Å²) in [5, 5.41) is 3.15. The van der Waals surface area contributed by atoms with Crippen LogP contribution in [0.5, 0.6) is 0 Å². The molecule has 2 nitrogen and oxygen atoms in total. The number of carbonyl (C=O) groups is 1. The van der Waals surface area contributed by atoms with Gasteiger partial charge in [-0.15, -0.1) is 0 Å². The van der Waals surface area contributed by atoms with Crippen molar-refractivity contribution in [1.29, 1.82) is 0 Å². The molecular formula is C12H23NO. The predicted molar refractivity (Wildman–Crippen MR) is 61.1 cm³/mol. The van der Waals surface area contributed by atoms with Crippen molar-refractivity contribution in [2.75, 3.05) is 6.54 Å².